The highest BCUT2D eigenvalue weighted by molar-refractivity contribution is 5.83. The summed E-state index contributed by atoms with van der Waals surface area (Å²) >= 11 is 0. The highest BCUT2D eigenvalue weighted by Crippen LogP contribution is 2.27. The number of hydrogen-bond donors (Lipinski definition) is 1. The zero-order valence-electron chi connectivity index (χ0n) is 9.35. The molecule has 0 aromatic heterocycles. The zero-order valence-corrected chi connectivity index (χ0v) is 9.35. The van der Waals surface area contributed by atoms with Gasteiger partial charge in [-0.1, -0.05) is 6.42 Å². The molecule has 2 amide bonds. The van der Waals surface area contributed by atoms with Gasteiger partial charge in [0.2, 0.25) is 0 Å². The summed E-state index contributed by atoms with van der Waals surface area (Å²) in [7, 11) is 0. The van der Waals surface area contributed by atoms with Crippen LogP contribution in [-0.4, -0.2) is 36.1 Å². The number of carbonyl (C=O) groups is 2. The monoisotopic (exact) mass is 226 g/mol. The van der Waals surface area contributed by atoms with Crippen LogP contribution in [0.1, 0.15) is 32.1 Å². The van der Waals surface area contributed by atoms with Gasteiger partial charge in [0, 0.05) is 6.54 Å². The normalized spacial score (nSPS) is 25.2. The van der Waals surface area contributed by atoms with E-state index in [0.29, 0.717) is 25.5 Å². The smallest absolute Gasteiger partial charge is 0.328 e. The van der Waals surface area contributed by atoms with E-state index in [4.69, 9.17) is 10.5 Å². The molecule has 0 unspecified atom stereocenters. The largest absolute Gasteiger partial charge is 0.464 e. The van der Waals surface area contributed by atoms with Gasteiger partial charge in [0.25, 0.3) is 0 Å². The van der Waals surface area contributed by atoms with E-state index in [2.05, 4.69) is 0 Å². The maximum Gasteiger partial charge on any atom is 0.328 e. The number of primary amides is 1. The summed E-state index contributed by atoms with van der Waals surface area (Å²) in [5.41, 5.74) is 5.20. The van der Waals surface area contributed by atoms with Crippen LogP contribution in [0.2, 0.25) is 0 Å². The molecule has 0 radical (unpaired) electrons. The molecular weight excluding hydrogens is 208 g/mol. The topological polar surface area (TPSA) is 72.6 Å². The minimum absolute atomic E-state index is 0.289. The Kier molecular flexibility index (Phi) is 3.31. The second kappa shape index (κ2) is 4.72. The van der Waals surface area contributed by atoms with Crippen LogP contribution in [0, 0.1) is 5.92 Å². The second-order valence-electron chi connectivity index (χ2n) is 4.62. The molecule has 0 bridgehead atoms. The van der Waals surface area contributed by atoms with Crippen LogP contribution in [0.25, 0.3) is 0 Å². The number of nitrogens with zero attached hydrogens (tertiary/aromatic N) is 1. The van der Waals surface area contributed by atoms with Crippen molar-refractivity contribution in [3.05, 3.63) is 0 Å². The lowest BCUT2D eigenvalue weighted by molar-refractivity contribution is -0.150. The van der Waals surface area contributed by atoms with Crippen molar-refractivity contribution >= 4 is 12.0 Å². The van der Waals surface area contributed by atoms with Gasteiger partial charge in [0.1, 0.15) is 6.04 Å². The third-order valence-electron chi connectivity index (χ3n) is 3.49. The average Bonchev–Trinajstić information content (AvgIpc) is 2.63. The summed E-state index contributed by atoms with van der Waals surface area (Å²) in [5.74, 6) is 0.246. The first kappa shape index (κ1) is 11.2. The van der Waals surface area contributed by atoms with E-state index in [0.717, 1.165) is 19.3 Å². The Morgan fingerprint density at radius 2 is 2.00 bits per heavy atom. The molecule has 5 nitrogen and oxygen atoms in total. The molecule has 1 saturated carbocycles. The Morgan fingerprint density at radius 3 is 2.56 bits per heavy atom. The maximum absolute atomic E-state index is 11.7. The summed E-state index contributed by atoms with van der Waals surface area (Å²) in [5, 5.41) is 0. The van der Waals surface area contributed by atoms with Crippen molar-refractivity contribution in [2.24, 2.45) is 11.7 Å². The van der Waals surface area contributed by atoms with Crippen LogP contribution in [0.3, 0.4) is 0 Å². The molecule has 2 aliphatic rings. The molecule has 1 saturated heterocycles. The van der Waals surface area contributed by atoms with Crippen LogP contribution in [-0.2, 0) is 9.53 Å². The number of hydrogen-bond acceptors (Lipinski definition) is 3. The van der Waals surface area contributed by atoms with Crippen LogP contribution in [0.4, 0.5) is 4.79 Å². The minimum atomic E-state index is -0.525. The average molecular weight is 226 g/mol. The van der Waals surface area contributed by atoms with Gasteiger partial charge in [-0.05, 0) is 31.6 Å². The number of rotatable bonds is 3. The molecule has 1 aliphatic carbocycles. The lowest BCUT2D eigenvalue weighted by Crippen LogP contribution is -2.44. The molecule has 1 aliphatic heterocycles. The zero-order chi connectivity index (χ0) is 11.5. The molecule has 0 aromatic rings. The molecule has 0 aromatic carbocycles. The third-order valence-corrected chi connectivity index (χ3v) is 3.49. The van der Waals surface area contributed by atoms with E-state index in [-0.39, 0.29) is 5.97 Å². The SMILES string of the molecule is NC(=O)N1CCC[C@H]1C(=O)OCC1CCC1. The molecule has 0 spiro atoms. The number of carbonyl (C=O) groups excluding carboxylic acids is 2. The maximum atomic E-state index is 11.7. The Bertz CT molecular complexity index is 289. The minimum Gasteiger partial charge on any atom is -0.464 e. The first-order valence-electron chi connectivity index (χ1n) is 5.91. The van der Waals surface area contributed by atoms with Crippen molar-refractivity contribution in [3.8, 4) is 0 Å². The fraction of sp³-hybridized carbons (Fsp3) is 0.818. The lowest BCUT2D eigenvalue weighted by Gasteiger charge is -2.26. The quantitative estimate of drug-likeness (QED) is 0.726. The predicted molar refractivity (Wildman–Crippen MR) is 57.6 cm³/mol. The molecule has 90 valence electrons. The van der Waals surface area contributed by atoms with Crippen molar-refractivity contribution in [2.45, 2.75) is 38.1 Å². The van der Waals surface area contributed by atoms with Crippen molar-refractivity contribution in [2.75, 3.05) is 13.2 Å². The summed E-state index contributed by atoms with van der Waals surface area (Å²) in [6, 6.07) is -0.972. The van der Waals surface area contributed by atoms with Crippen molar-refractivity contribution < 1.29 is 14.3 Å². The fourth-order valence-corrected chi connectivity index (χ4v) is 2.23. The van der Waals surface area contributed by atoms with E-state index in [9.17, 15) is 9.59 Å². The van der Waals surface area contributed by atoms with Gasteiger partial charge in [0.15, 0.2) is 0 Å². The lowest BCUT2D eigenvalue weighted by atomic mass is 9.86. The molecule has 1 atom stereocenters. The van der Waals surface area contributed by atoms with Crippen LogP contribution in [0.15, 0.2) is 0 Å². The van der Waals surface area contributed by atoms with E-state index in [1.54, 1.807) is 0 Å². The summed E-state index contributed by atoms with van der Waals surface area (Å²) in [4.78, 5) is 24.2. The van der Waals surface area contributed by atoms with Gasteiger partial charge in [-0.3, -0.25) is 0 Å². The van der Waals surface area contributed by atoms with E-state index < -0.39 is 12.1 Å². The molecular formula is C11H18N2O3. The van der Waals surface area contributed by atoms with Gasteiger partial charge in [-0.15, -0.1) is 0 Å². The van der Waals surface area contributed by atoms with Gasteiger partial charge in [-0.2, -0.15) is 0 Å². The van der Waals surface area contributed by atoms with Gasteiger partial charge < -0.3 is 15.4 Å². The number of ether oxygens (including phenoxy) is 1. The molecule has 2 N–H and O–H groups in total. The summed E-state index contributed by atoms with van der Waals surface area (Å²) in [6.07, 6.45) is 5.03. The third kappa shape index (κ3) is 2.28. The molecule has 16 heavy (non-hydrogen) atoms. The predicted octanol–water partition coefficient (Wildman–Crippen LogP) is 0.873. The van der Waals surface area contributed by atoms with Crippen LogP contribution >= 0.6 is 0 Å². The fourth-order valence-electron chi connectivity index (χ4n) is 2.23. The number of amides is 2. The van der Waals surface area contributed by atoms with Crippen LogP contribution < -0.4 is 5.73 Å². The Morgan fingerprint density at radius 1 is 1.25 bits per heavy atom. The summed E-state index contributed by atoms with van der Waals surface area (Å²) < 4.78 is 5.22. The number of likely N-dealkylation sites (tertiary alicyclic amines) is 1. The Hall–Kier alpha value is -1.26. The molecule has 5 heteroatoms. The van der Waals surface area contributed by atoms with E-state index in [1.807, 2.05) is 0 Å². The first-order valence-corrected chi connectivity index (χ1v) is 5.91. The second-order valence-corrected chi connectivity index (χ2v) is 4.62. The Balaban J connectivity index is 1.80. The van der Waals surface area contributed by atoms with Crippen molar-refractivity contribution in [3.63, 3.8) is 0 Å². The molecule has 1 heterocycles. The highest BCUT2D eigenvalue weighted by Gasteiger charge is 2.34. The van der Waals surface area contributed by atoms with Crippen molar-refractivity contribution in [1.29, 1.82) is 0 Å². The number of nitrogens with two attached hydrogens (primary N) is 1. The summed E-state index contributed by atoms with van der Waals surface area (Å²) in [6.45, 7) is 1.07. The van der Waals surface area contributed by atoms with Gasteiger partial charge >= 0.3 is 12.0 Å². The number of urea groups is 1. The van der Waals surface area contributed by atoms with E-state index >= 15 is 0 Å². The van der Waals surface area contributed by atoms with Crippen molar-refractivity contribution in [1.82, 2.24) is 4.90 Å². The number of esters is 1. The highest BCUT2D eigenvalue weighted by atomic mass is 16.5. The molecule has 2 fully saturated rings. The van der Waals surface area contributed by atoms with E-state index in [1.165, 1.54) is 11.3 Å². The van der Waals surface area contributed by atoms with Gasteiger partial charge in [-0.25, -0.2) is 9.59 Å². The van der Waals surface area contributed by atoms with Gasteiger partial charge in [0.05, 0.1) is 6.61 Å². The standard InChI is InChI=1S/C11H18N2O3/c12-11(15)13-6-2-5-9(13)10(14)16-7-8-3-1-4-8/h8-9H,1-7H2,(H2,12,15)/t9-/m0/s1. The Labute approximate surface area is 94.9 Å². The molecule has 2 rings (SSSR count). The first-order chi connectivity index (χ1) is 7.68. The van der Waals surface area contributed by atoms with Crippen LogP contribution in [0.5, 0.6) is 0 Å².